The Labute approximate surface area is 174 Å². The van der Waals surface area contributed by atoms with Gasteiger partial charge in [0.25, 0.3) is 0 Å². The minimum atomic E-state index is -3.54. The van der Waals surface area contributed by atoms with Crippen LogP contribution >= 0.6 is 12.4 Å². The van der Waals surface area contributed by atoms with E-state index in [0.29, 0.717) is 35.7 Å². The number of benzene rings is 1. The normalized spacial score (nSPS) is 23.6. The van der Waals surface area contributed by atoms with Crippen LogP contribution in [-0.4, -0.2) is 37.8 Å². The predicted molar refractivity (Wildman–Crippen MR) is 114 cm³/mol. The van der Waals surface area contributed by atoms with Gasteiger partial charge in [-0.05, 0) is 56.2 Å². The van der Waals surface area contributed by atoms with Crippen molar-refractivity contribution in [2.45, 2.75) is 69.2 Å². The molecule has 1 saturated heterocycles. The zero-order chi connectivity index (χ0) is 19.4. The highest BCUT2D eigenvalue weighted by Crippen LogP contribution is 2.28. The monoisotopic (exact) mass is 429 g/mol. The van der Waals surface area contributed by atoms with Crippen LogP contribution in [0.15, 0.2) is 23.1 Å². The number of sulfonamides is 1. The standard InChI is InChI=1S/C20H31N3O3S.ClH/c1-15-9-10-17(22-20(24)13-16-7-6-8-18(16)21)14-19(15)27(25,26)23-11-4-2-3-5-12-23;/h9-10,14,16,18H,2-8,11-13,21H2,1H3,(H,22,24);1H/t16-,18+;/m0./s1. The number of carbonyl (C=O) groups excluding carboxylic acids is 1. The van der Waals surface area contributed by atoms with Crippen LogP contribution < -0.4 is 11.1 Å². The molecule has 3 rings (SSSR count). The summed E-state index contributed by atoms with van der Waals surface area (Å²) in [6, 6.07) is 5.22. The molecular formula is C20H32ClN3O3S. The summed E-state index contributed by atoms with van der Waals surface area (Å²) in [6.07, 6.45) is 7.37. The molecule has 158 valence electrons. The summed E-state index contributed by atoms with van der Waals surface area (Å²) in [5, 5.41) is 2.87. The van der Waals surface area contributed by atoms with Crippen molar-refractivity contribution in [3.8, 4) is 0 Å². The second kappa shape index (κ2) is 10.1. The fourth-order valence-electron chi connectivity index (χ4n) is 4.15. The van der Waals surface area contributed by atoms with Crippen molar-refractivity contribution in [3.63, 3.8) is 0 Å². The van der Waals surface area contributed by atoms with Crippen LogP contribution in [0.4, 0.5) is 5.69 Å². The number of hydrogen-bond acceptors (Lipinski definition) is 4. The van der Waals surface area contributed by atoms with Crippen LogP contribution in [-0.2, 0) is 14.8 Å². The number of amides is 1. The lowest BCUT2D eigenvalue weighted by Gasteiger charge is -2.22. The minimum Gasteiger partial charge on any atom is -0.327 e. The van der Waals surface area contributed by atoms with Gasteiger partial charge in [-0.3, -0.25) is 4.79 Å². The van der Waals surface area contributed by atoms with E-state index in [-0.39, 0.29) is 30.3 Å². The van der Waals surface area contributed by atoms with E-state index in [0.717, 1.165) is 44.9 Å². The largest absolute Gasteiger partial charge is 0.327 e. The molecule has 8 heteroatoms. The lowest BCUT2D eigenvalue weighted by molar-refractivity contribution is -0.117. The van der Waals surface area contributed by atoms with E-state index in [2.05, 4.69) is 5.32 Å². The summed E-state index contributed by atoms with van der Waals surface area (Å²) in [5.74, 6) is 0.120. The van der Waals surface area contributed by atoms with Gasteiger partial charge in [-0.15, -0.1) is 12.4 Å². The van der Waals surface area contributed by atoms with E-state index in [1.807, 2.05) is 0 Å². The number of halogens is 1. The number of rotatable bonds is 5. The van der Waals surface area contributed by atoms with Crippen LogP contribution in [0, 0.1) is 12.8 Å². The Balaban J connectivity index is 0.00000280. The van der Waals surface area contributed by atoms with Crippen molar-refractivity contribution < 1.29 is 13.2 Å². The Hall–Kier alpha value is -1.15. The summed E-state index contributed by atoms with van der Waals surface area (Å²) in [6.45, 7) is 2.93. The van der Waals surface area contributed by atoms with Gasteiger partial charge in [0.2, 0.25) is 15.9 Å². The van der Waals surface area contributed by atoms with Crippen molar-refractivity contribution in [2.75, 3.05) is 18.4 Å². The Morgan fingerprint density at radius 1 is 1.14 bits per heavy atom. The Morgan fingerprint density at radius 2 is 1.82 bits per heavy atom. The van der Waals surface area contributed by atoms with E-state index < -0.39 is 10.0 Å². The van der Waals surface area contributed by atoms with E-state index in [1.54, 1.807) is 29.4 Å². The molecule has 3 N–H and O–H groups in total. The minimum absolute atomic E-state index is 0. The molecule has 2 fully saturated rings. The van der Waals surface area contributed by atoms with Gasteiger partial charge in [0.15, 0.2) is 0 Å². The third kappa shape index (κ3) is 5.47. The van der Waals surface area contributed by atoms with Crippen molar-refractivity contribution in [1.29, 1.82) is 0 Å². The topological polar surface area (TPSA) is 92.5 Å². The molecule has 0 unspecified atom stereocenters. The molecule has 2 aliphatic rings. The maximum Gasteiger partial charge on any atom is 0.243 e. The molecule has 1 amide bonds. The average molecular weight is 430 g/mol. The first-order valence-corrected chi connectivity index (χ1v) is 11.5. The van der Waals surface area contributed by atoms with Crippen LogP contribution in [0.1, 0.15) is 56.9 Å². The number of nitrogens with one attached hydrogen (secondary N) is 1. The third-order valence-electron chi connectivity index (χ3n) is 5.82. The first-order chi connectivity index (χ1) is 12.9. The van der Waals surface area contributed by atoms with Gasteiger partial charge >= 0.3 is 0 Å². The molecule has 0 bridgehead atoms. The highest BCUT2D eigenvalue weighted by Gasteiger charge is 2.28. The molecule has 2 atom stereocenters. The molecular weight excluding hydrogens is 398 g/mol. The summed E-state index contributed by atoms with van der Waals surface area (Å²) < 4.78 is 27.8. The maximum atomic E-state index is 13.1. The molecule has 1 aromatic carbocycles. The molecule has 28 heavy (non-hydrogen) atoms. The Morgan fingerprint density at radius 3 is 2.43 bits per heavy atom. The molecule has 1 aliphatic carbocycles. The summed E-state index contributed by atoms with van der Waals surface area (Å²) >= 11 is 0. The van der Waals surface area contributed by atoms with Crippen molar-refractivity contribution >= 4 is 34.0 Å². The molecule has 1 saturated carbocycles. The van der Waals surface area contributed by atoms with Crippen LogP contribution in [0.2, 0.25) is 0 Å². The summed E-state index contributed by atoms with van der Waals surface area (Å²) in [7, 11) is -3.54. The second-order valence-corrected chi connectivity index (χ2v) is 9.81. The zero-order valence-electron chi connectivity index (χ0n) is 16.5. The van der Waals surface area contributed by atoms with Gasteiger partial charge in [-0.2, -0.15) is 4.31 Å². The van der Waals surface area contributed by atoms with Crippen molar-refractivity contribution in [2.24, 2.45) is 11.7 Å². The van der Waals surface area contributed by atoms with E-state index in [9.17, 15) is 13.2 Å². The number of aryl methyl sites for hydroxylation is 1. The molecule has 1 heterocycles. The molecule has 1 aromatic rings. The van der Waals surface area contributed by atoms with E-state index >= 15 is 0 Å². The van der Waals surface area contributed by atoms with Gasteiger partial charge in [0, 0.05) is 31.2 Å². The van der Waals surface area contributed by atoms with Crippen LogP contribution in [0.25, 0.3) is 0 Å². The van der Waals surface area contributed by atoms with Crippen LogP contribution in [0.5, 0.6) is 0 Å². The fourth-order valence-corrected chi connectivity index (χ4v) is 5.91. The van der Waals surface area contributed by atoms with Gasteiger partial charge in [-0.1, -0.05) is 25.3 Å². The first-order valence-electron chi connectivity index (χ1n) is 10.0. The summed E-state index contributed by atoms with van der Waals surface area (Å²) in [4.78, 5) is 12.7. The van der Waals surface area contributed by atoms with Gasteiger partial charge < -0.3 is 11.1 Å². The molecule has 0 radical (unpaired) electrons. The van der Waals surface area contributed by atoms with E-state index in [4.69, 9.17) is 5.73 Å². The quantitative estimate of drug-likeness (QED) is 0.749. The van der Waals surface area contributed by atoms with Crippen LogP contribution in [0.3, 0.4) is 0 Å². The first kappa shape index (κ1) is 23.1. The SMILES string of the molecule is Cc1ccc(NC(=O)C[C@@H]2CCC[C@H]2N)cc1S(=O)(=O)N1CCCCCC1.Cl. The average Bonchev–Trinajstić information content (AvgIpc) is 2.87. The maximum absolute atomic E-state index is 13.1. The van der Waals surface area contributed by atoms with Crippen molar-refractivity contribution in [1.82, 2.24) is 4.31 Å². The highest BCUT2D eigenvalue weighted by atomic mass is 35.5. The highest BCUT2D eigenvalue weighted by molar-refractivity contribution is 7.89. The fraction of sp³-hybridized carbons (Fsp3) is 0.650. The zero-order valence-corrected chi connectivity index (χ0v) is 18.2. The van der Waals surface area contributed by atoms with Gasteiger partial charge in [-0.25, -0.2) is 8.42 Å². The van der Waals surface area contributed by atoms with Gasteiger partial charge in [0.1, 0.15) is 0 Å². The lowest BCUT2D eigenvalue weighted by Crippen LogP contribution is -2.32. The molecule has 6 nitrogen and oxygen atoms in total. The molecule has 0 spiro atoms. The number of nitrogens with zero attached hydrogens (tertiary/aromatic N) is 1. The number of nitrogens with two attached hydrogens (primary N) is 1. The summed E-state index contributed by atoms with van der Waals surface area (Å²) in [5.41, 5.74) is 7.29. The number of anilines is 1. The lowest BCUT2D eigenvalue weighted by atomic mass is 10.00. The number of hydrogen-bond donors (Lipinski definition) is 2. The predicted octanol–water partition coefficient (Wildman–Crippen LogP) is 3.44. The third-order valence-corrected chi connectivity index (χ3v) is 7.86. The van der Waals surface area contributed by atoms with Gasteiger partial charge in [0.05, 0.1) is 4.90 Å². The smallest absolute Gasteiger partial charge is 0.243 e. The number of carbonyl (C=O) groups is 1. The van der Waals surface area contributed by atoms with Crippen molar-refractivity contribution in [3.05, 3.63) is 23.8 Å². The molecule has 1 aliphatic heterocycles. The van der Waals surface area contributed by atoms with E-state index in [1.165, 1.54) is 0 Å². The Bertz CT molecular complexity index is 777. The second-order valence-electron chi connectivity index (χ2n) is 7.91. The Kier molecular flexibility index (Phi) is 8.30. The molecule has 0 aromatic heterocycles.